The average Bonchev–Trinajstić information content (AvgIpc) is 3.06. The van der Waals surface area contributed by atoms with Gasteiger partial charge in [0.25, 0.3) is 5.60 Å². The van der Waals surface area contributed by atoms with E-state index in [0.717, 1.165) is 0 Å². The summed E-state index contributed by atoms with van der Waals surface area (Å²) in [4.78, 5) is 48.9. The van der Waals surface area contributed by atoms with Crippen molar-refractivity contribution in [3.8, 4) is 0 Å². The molecular formula is C22H33N3O10S. The van der Waals surface area contributed by atoms with Gasteiger partial charge in [-0.25, -0.2) is 25.3 Å². The standard InChI is InChI=1S/C14H18N2O6S.C8H15NO4/c1-8-15-9(5-23-8)10(11(17)18)16-22-14(6-20-7-14)12(19)21-13(2,3)4;1-7(2,3)12-6(10)8(13-9)4-11-5-8/h5H,6-7H2,1-4H3,(H,17,18);4-5,9H2,1-3H3/b16-10-;. The monoisotopic (exact) mass is 531 g/mol. The highest BCUT2D eigenvalue weighted by Crippen LogP contribution is 2.27. The van der Waals surface area contributed by atoms with Gasteiger partial charge in [0.2, 0.25) is 11.3 Å². The highest BCUT2D eigenvalue weighted by Gasteiger charge is 2.53. The number of aryl methyl sites for hydroxylation is 1. The van der Waals surface area contributed by atoms with Crippen LogP contribution in [-0.2, 0) is 43.0 Å². The number of hydrogen-bond donors (Lipinski definition) is 2. The molecule has 0 unspecified atom stereocenters. The van der Waals surface area contributed by atoms with E-state index in [9.17, 15) is 19.5 Å². The van der Waals surface area contributed by atoms with Crippen molar-refractivity contribution in [2.24, 2.45) is 11.1 Å². The van der Waals surface area contributed by atoms with E-state index in [-0.39, 0.29) is 37.8 Å². The number of rotatable bonds is 7. The Kier molecular flexibility index (Phi) is 9.18. The van der Waals surface area contributed by atoms with Crippen LogP contribution >= 0.6 is 11.3 Å². The molecule has 202 valence electrons. The first-order chi connectivity index (χ1) is 16.5. The molecular weight excluding hydrogens is 498 g/mol. The van der Waals surface area contributed by atoms with Gasteiger partial charge in [0.05, 0.1) is 18.2 Å². The smallest absolute Gasteiger partial charge is 0.360 e. The number of carbonyl (C=O) groups is 3. The summed E-state index contributed by atoms with van der Waals surface area (Å²) in [6.07, 6.45) is 0. The number of hydrogen-bond acceptors (Lipinski definition) is 13. The molecule has 0 saturated carbocycles. The topological polar surface area (TPSA) is 178 Å². The number of aliphatic carboxylic acids is 1. The molecule has 1 aromatic rings. The van der Waals surface area contributed by atoms with Crippen LogP contribution in [0.4, 0.5) is 0 Å². The summed E-state index contributed by atoms with van der Waals surface area (Å²) < 4.78 is 20.3. The van der Waals surface area contributed by atoms with E-state index in [2.05, 4.69) is 15.0 Å². The number of carbonyl (C=O) groups excluding carboxylic acids is 2. The molecule has 2 saturated heterocycles. The number of thiazole rings is 1. The summed E-state index contributed by atoms with van der Waals surface area (Å²) in [5, 5.41) is 15.1. The Hall–Kier alpha value is -2.65. The van der Waals surface area contributed by atoms with Gasteiger partial charge in [-0.2, -0.15) is 0 Å². The average molecular weight is 532 g/mol. The lowest BCUT2D eigenvalue weighted by Gasteiger charge is -2.38. The zero-order chi connectivity index (χ0) is 27.4. The van der Waals surface area contributed by atoms with Crippen LogP contribution in [0.25, 0.3) is 0 Å². The molecule has 0 aromatic carbocycles. The number of nitrogens with zero attached hydrogens (tertiary/aromatic N) is 2. The van der Waals surface area contributed by atoms with Crippen molar-refractivity contribution in [1.29, 1.82) is 0 Å². The fourth-order valence-corrected chi connectivity index (χ4v) is 3.16. The first kappa shape index (κ1) is 29.6. The second kappa shape index (κ2) is 11.2. The summed E-state index contributed by atoms with van der Waals surface area (Å²) in [6, 6.07) is 0. The molecule has 14 heteroatoms. The quantitative estimate of drug-likeness (QED) is 0.294. The van der Waals surface area contributed by atoms with Crippen LogP contribution in [0.3, 0.4) is 0 Å². The number of aromatic nitrogens is 1. The summed E-state index contributed by atoms with van der Waals surface area (Å²) in [7, 11) is 0. The van der Waals surface area contributed by atoms with Crippen molar-refractivity contribution in [3.63, 3.8) is 0 Å². The zero-order valence-electron chi connectivity index (χ0n) is 21.4. The second-order valence-electron chi connectivity index (χ2n) is 10.2. The molecule has 2 aliphatic rings. The van der Waals surface area contributed by atoms with E-state index >= 15 is 0 Å². The van der Waals surface area contributed by atoms with Gasteiger partial charge in [0.1, 0.15) is 30.1 Å². The van der Waals surface area contributed by atoms with Crippen LogP contribution in [0, 0.1) is 6.92 Å². The molecule has 3 N–H and O–H groups in total. The fourth-order valence-electron chi connectivity index (χ4n) is 2.56. The molecule has 0 aliphatic carbocycles. The molecule has 0 spiro atoms. The summed E-state index contributed by atoms with van der Waals surface area (Å²) >= 11 is 1.29. The Bertz CT molecular complexity index is 979. The van der Waals surface area contributed by atoms with E-state index in [4.69, 9.17) is 29.7 Å². The van der Waals surface area contributed by atoms with Crippen LogP contribution < -0.4 is 5.90 Å². The Morgan fingerprint density at radius 3 is 1.78 bits per heavy atom. The van der Waals surface area contributed by atoms with E-state index < -0.39 is 40.3 Å². The predicted octanol–water partition coefficient (Wildman–Crippen LogP) is 1.35. The molecule has 0 bridgehead atoms. The maximum absolute atomic E-state index is 12.2. The van der Waals surface area contributed by atoms with Crippen LogP contribution in [-0.4, -0.2) is 82.5 Å². The normalized spacial score (nSPS) is 18.5. The van der Waals surface area contributed by atoms with Crippen molar-refractivity contribution in [2.45, 2.75) is 70.9 Å². The van der Waals surface area contributed by atoms with Crippen molar-refractivity contribution in [1.82, 2.24) is 4.98 Å². The van der Waals surface area contributed by atoms with Gasteiger partial charge >= 0.3 is 17.9 Å². The summed E-state index contributed by atoms with van der Waals surface area (Å²) in [5.74, 6) is 2.61. The van der Waals surface area contributed by atoms with Gasteiger partial charge in [0.15, 0.2) is 0 Å². The molecule has 3 heterocycles. The summed E-state index contributed by atoms with van der Waals surface area (Å²) in [5.41, 5.74) is -3.91. The number of ether oxygens (including phenoxy) is 4. The molecule has 1 aromatic heterocycles. The van der Waals surface area contributed by atoms with Gasteiger partial charge in [-0.15, -0.1) is 11.3 Å². The third kappa shape index (κ3) is 7.67. The minimum absolute atomic E-state index is 0.0472. The predicted molar refractivity (Wildman–Crippen MR) is 126 cm³/mol. The lowest BCUT2D eigenvalue weighted by molar-refractivity contribution is -0.237. The Morgan fingerprint density at radius 1 is 1.00 bits per heavy atom. The van der Waals surface area contributed by atoms with Crippen LogP contribution in [0.5, 0.6) is 0 Å². The second-order valence-corrected chi connectivity index (χ2v) is 11.2. The Labute approximate surface area is 212 Å². The number of oxime groups is 1. The number of nitrogens with two attached hydrogens (primary N) is 1. The van der Waals surface area contributed by atoms with Gasteiger partial charge in [-0.3, -0.25) is 4.84 Å². The van der Waals surface area contributed by atoms with Crippen molar-refractivity contribution in [2.75, 3.05) is 26.4 Å². The summed E-state index contributed by atoms with van der Waals surface area (Å²) in [6.45, 7) is 12.5. The zero-order valence-corrected chi connectivity index (χ0v) is 22.2. The largest absolute Gasteiger partial charge is 0.476 e. The molecule has 2 aliphatic heterocycles. The van der Waals surface area contributed by atoms with Gasteiger partial charge < -0.3 is 28.9 Å². The molecule has 2 fully saturated rings. The Morgan fingerprint density at radius 2 is 1.47 bits per heavy atom. The van der Waals surface area contributed by atoms with Gasteiger partial charge in [-0.05, 0) is 48.5 Å². The van der Waals surface area contributed by atoms with Crippen molar-refractivity contribution < 1.29 is 48.1 Å². The minimum Gasteiger partial charge on any atom is -0.476 e. The van der Waals surface area contributed by atoms with Crippen LogP contribution in [0.2, 0.25) is 0 Å². The lowest BCUT2D eigenvalue weighted by Crippen LogP contribution is -2.61. The fraction of sp³-hybridized carbons (Fsp3) is 0.682. The molecule has 36 heavy (non-hydrogen) atoms. The first-order valence-electron chi connectivity index (χ1n) is 10.9. The van der Waals surface area contributed by atoms with E-state index in [1.165, 1.54) is 11.3 Å². The molecule has 0 radical (unpaired) electrons. The molecule has 13 nitrogen and oxygen atoms in total. The SMILES string of the molecule is CC(C)(C)OC(=O)C1(ON)COC1.Cc1nc(/C(=N/OC2(C(=O)OC(C)(C)C)COC2)C(=O)O)cs1. The number of carboxylic acid groups (broad SMARTS) is 1. The molecule has 0 atom stereocenters. The minimum atomic E-state index is -1.42. The first-order valence-corrected chi connectivity index (χ1v) is 11.8. The van der Waals surface area contributed by atoms with E-state index in [1.54, 1.807) is 53.8 Å². The maximum Gasteiger partial charge on any atom is 0.360 e. The maximum atomic E-state index is 12.2. The highest BCUT2D eigenvalue weighted by molar-refractivity contribution is 7.09. The third-order valence-electron chi connectivity index (χ3n) is 4.48. The van der Waals surface area contributed by atoms with E-state index in [1.807, 2.05) is 0 Å². The van der Waals surface area contributed by atoms with Crippen LogP contribution in [0.15, 0.2) is 10.5 Å². The highest BCUT2D eigenvalue weighted by atomic mass is 32.1. The Balaban J connectivity index is 0.000000297. The lowest BCUT2D eigenvalue weighted by atomic mass is 10.0. The number of carboxylic acids is 1. The van der Waals surface area contributed by atoms with Gasteiger partial charge in [0, 0.05) is 5.38 Å². The van der Waals surface area contributed by atoms with E-state index in [0.29, 0.717) is 5.01 Å². The third-order valence-corrected chi connectivity index (χ3v) is 5.26. The number of esters is 2. The van der Waals surface area contributed by atoms with Crippen molar-refractivity contribution in [3.05, 3.63) is 16.1 Å². The molecule has 3 rings (SSSR count). The van der Waals surface area contributed by atoms with Crippen LogP contribution in [0.1, 0.15) is 52.2 Å². The molecule has 0 amide bonds. The van der Waals surface area contributed by atoms with Crippen molar-refractivity contribution >= 4 is 35.0 Å². The van der Waals surface area contributed by atoms with Gasteiger partial charge in [-0.1, -0.05) is 5.16 Å².